The van der Waals surface area contributed by atoms with E-state index < -0.39 is 11.6 Å². The number of hydrogen-bond donors (Lipinski definition) is 0. The van der Waals surface area contributed by atoms with Crippen LogP contribution in [0.15, 0.2) is 60.5 Å². The van der Waals surface area contributed by atoms with E-state index in [0.29, 0.717) is 30.0 Å². The smallest absolute Gasteiger partial charge is 0.246 e. The number of benzene rings is 2. The molecule has 1 atom stereocenters. The predicted octanol–water partition coefficient (Wildman–Crippen LogP) is 7.22. The fourth-order valence-electron chi connectivity index (χ4n) is 6.70. The molecule has 1 unspecified atom stereocenters. The molecule has 3 aliphatic rings. The van der Waals surface area contributed by atoms with Crippen LogP contribution in [0.3, 0.4) is 0 Å². The van der Waals surface area contributed by atoms with E-state index in [2.05, 4.69) is 36.7 Å². The van der Waals surface area contributed by atoms with Crippen LogP contribution in [0.2, 0.25) is 0 Å². The van der Waals surface area contributed by atoms with Crippen LogP contribution in [0.25, 0.3) is 43.9 Å². The molecule has 2 aliphatic heterocycles. The molecule has 2 aromatic carbocycles. The minimum atomic E-state index is -0.709. The zero-order valence-electron chi connectivity index (χ0n) is 25.7. The largest absolute Gasteiger partial charge is 0.490 e. The highest BCUT2D eigenvalue weighted by Crippen LogP contribution is 2.48. The molecule has 0 radical (unpaired) electrons. The van der Waals surface area contributed by atoms with Gasteiger partial charge >= 0.3 is 0 Å². The zero-order valence-corrected chi connectivity index (χ0v) is 26.5. The number of ether oxygens (including phenoxy) is 1. The summed E-state index contributed by atoms with van der Waals surface area (Å²) in [6.07, 6.45) is 3.90. The average Bonchev–Trinajstić information content (AvgIpc) is 3.54. The number of carbonyl (C=O) groups is 1. The number of fused-ring (bicyclic) bond motifs is 3. The first-order valence-electron chi connectivity index (χ1n) is 15.7. The molecule has 46 heavy (non-hydrogen) atoms. The van der Waals surface area contributed by atoms with Crippen molar-refractivity contribution >= 4 is 27.3 Å². The predicted molar refractivity (Wildman–Crippen MR) is 176 cm³/mol. The van der Waals surface area contributed by atoms with E-state index in [0.717, 1.165) is 65.5 Å². The second-order valence-corrected chi connectivity index (χ2v) is 13.5. The molecule has 0 spiro atoms. The van der Waals surface area contributed by atoms with Gasteiger partial charge in [-0.3, -0.25) is 9.48 Å². The van der Waals surface area contributed by atoms with Crippen LogP contribution in [-0.2, 0) is 30.8 Å². The van der Waals surface area contributed by atoms with Gasteiger partial charge in [-0.1, -0.05) is 18.7 Å². The molecule has 7 nitrogen and oxygen atoms in total. The van der Waals surface area contributed by atoms with Crippen molar-refractivity contribution in [1.29, 1.82) is 0 Å². The first-order chi connectivity index (χ1) is 22.3. The highest BCUT2D eigenvalue weighted by atomic mass is 32.1. The van der Waals surface area contributed by atoms with Crippen molar-refractivity contribution in [3.05, 3.63) is 89.0 Å². The Morgan fingerprint density at radius 1 is 1.07 bits per heavy atom. The van der Waals surface area contributed by atoms with Crippen LogP contribution in [0.1, 0.15) is 36.6 Å². The van der Waals surface area contributed by atoms with Crippen molar-refractivity contribution in [2.45, 2.75) is 58.0 Å². The Kier molecular flexibility index (Phi) is 7.02. The molecule has 234 valence electrons. The summed E-state index contributed by atoms with van der Waals surface area (Å²) in [5, 5.41) is 7.86. The summed E-state index contributed by atoms with van der Waals surface area (Å²) in [5.41, 5.74) is 6.98. The van der Waals surface area contributed by atoms with Gasteiger partial charge in [-0.25, -0.2) is 13.8 Å². The second kappa shape index (κ2) is 11.1. The Bertz CT molecular complexity index is 2050. The number of likely N-dealkylation sites (N-methyl/N-ethyl adjacent to an activating group) is 1. The van der Waals surface area contributed by atoms with E-state index in [1.54, 1.807) is 4.90 Å². The lowest BCUT2D eigenvalue weighted by Crippen LogP contribution is -2.44. The average molecular weight is 638 g/mol. The third-order valence-electron chi connectivity index (χ3n) is 9.24. The number of pyridine rings is 1. The van der Waals surface area contributed by atoms with Gasteiger partial charge in [0.2, 0.25) is 5.91 Å². The lowest BCUT2D eigenvalue weighted by molar-refractivity contribution is -0.129. The van der Waals surface area contributed by atoms with Gasteiger partial charge in [0, 0.05) is 52.5 Å². The Morgan fingerprint density at radius 2 is 1.91 bits per heavy atom. The van der Waals surface area contributed by atoms with Crippen molar-refractivity contribution in [3.8, 4) is 39.5 Å². The van der Waals surface area contributed by atoms with Crippen LogP contribution in [0.5, 0.6) is 5.75 Å². The quantitative estimate of drug-likeness (QED) is 0.184. The standard InChI is InChI=1S/C36H33F2N5O2S/c1-4-31(44)42-19-25-16-29(40-43(25)17-20(42)2)35-33(32-28(38)14-24(37)15-30(32)45-26-7-8-26)36-27(10-12-46-36)34(39-35)22-5-6-23-18-41(3)11-9-21(23)13-22/h4-6,10,12-16,20,26H,1,7-9,11,17-19H2,2-3H3. The summed E-state index contributed by atoms with van der Waals surface area (Å²) in [6, 6.07) is 12.6. The van der Waals surface area contributed by atoms with Crippen LogP contribution < -0.4 is 4.74 Å². The van der Waals surface area contributed by atoms with E-state index in [9.17, 15) is 9.18 Å². The Hall–Kier alpha value is -4.41. The van der Waals surface area contributed by atoms with Gasteiger partial charge < -0.3 is 14.5 Å². The molecule has 5 heterocycles. The fraction of sp³-hybridized carbons (Fsp3) is 0.306. The van der Waals surface area contributed by atoms with Crippen molar-refractivity contribution in [3.63, 3.8) is 0 Å². The Labute approximate surface area is 269 Å². The van der Waals surface area contributed by atoms with Crippen LogP contribution in [-0.4, -0.2) is 56.2 Å². The summed E-state index contributed by atoms with van der Waals surface area (Å²) >= 11 is 1.49. The Morgan fingerprint density at radius 3 is 2.72 bits per heavy atom. The normalized spacial score (nSPS) is 18.0. The third kappa shape index (κ3) is 5.00. The lowest BCUT2D eigenvalue weighted by atomic mass is 9.93. The number of thiophene rings is 1. The molecule has 3 aromatic heterocycles. The minimum absolute atomic E-state index is 0.0706. The number of carbonyl (C=O) groups excluding carboxylic acids is 1. The molecule has 5 aromatic rings. The monoisotopic (exact) mass is 637 g/mol. The molecule has 0 N–H and O–H groups in total. The maximum absolute atomic E-state index is 16.1. The van der Waals surface area contributed by atoms with Gasteiger partial charge in [-0.2, -0.15) is 5.10 Å². The molecular weight excluding hydrogens is 604 g/mol. The van der Waals surface area contributed by atoms with E-state index in [-0.39, 0.29) is 29.4 Å². The van der Waals surface area contributed by atoms with E-state index >= 15 is 4.39 Å². The summed E-state index contributed by atoms with van der Waals surface area (Å²) in [5.74, 6) is -1.37. The molecule has 8 rings (SSSR count). The Balaban J connectivity index is 1.37. The number of nitrogens with zero attached hydrogens (tertiary/aromatic N) is 5. The van der Waals surface area contributed by atoms with E-state index in [4.69, 9.17) is 14.8 Å². The van der Waals surface area contributed by atoms with E-state index in [1.165, 1.54) is 34.6 Å². The van der Waals surface area contributed by atoms with Gasteiger partial charge in [0.05, 0.1) is 36.1 Å². The molecule has 1 aliphatic carbocycles. The maximum Gasteiger partial charge on any atom is 0.246 e. The fourth-order valence-corrected chi connectivity index (χ4v) is 7.65. The summed E-state index contributed by atoms with van der Waals surface area (Å²) in [7, 11) is 2.13. The van der Waals surface area contributed by atoms with Crippen LogP contribution in [0.4, 0.5) is 8.78 Å². The minimum Gasteiger partial charge on any atom is -0.490 e. The number of halogens is 2. The molecule has 1 saturated carbocycles. The highest BCUT2D eigenvalue weighted by molar-refractivity contribution is 7.18. The van der Waals surface area contributed by atoms with Crippen molar-refractivity contribution in [2.24, 2.45) is 0 Å². The number of hydrogen-bond acceptors (Lipinski definition) is 6. The molecule has 1 amide bonds. The highest BCUT2D eigenvalue weighted by Gasteiger charge is 2.32. The van der Waals surface area contributed by atoms with E-state index in [1.807, 2.05) is 29.1 Å². The third-order valence-corrected chi connectivity index (χ3v) is 10.2. The molecule has 0 saturated heterocycles. The number of rotatable bonds is 6. The van der Waals surface area contributed by atoms with Crippen molar-refractivity contribution < 1.29 is 18.3 Å². The summed E-state index contributed by atoms with van der Waals surface area (Å²) < 4.78 is 39.6. The van der Waals surface area contributed by atoms with Crippen LogP contribution in [0, 0.1) is 11.6 Å². The van der Waals surface area contributed by atoms with Gasteiger partial charge in [0.25, 0.3) is 0 Å². The van der Waals surface area contributed by atoms with Crippen molar-refractivity contribution in [1.82, 2.24) is 24.6 Å². The lowest BCUT2D eigenvalue weighted by Gasteiger charge is -2.33. The molecule has 10 heteroatoms. The zero-order chi connectivity index (χ0) is 31.7. The SMILES string of the molecule is C=CC(=O)N1Cc2cc(-c3nc(-c4ccc5c(c4)CCN(C)C5)c4ccsc4c3-c3c(F)cc(F)cc3OC3CC3)nn2CC1C. The summed E-state index contributed by atoms with van der Waals surface area (Å²) in [6.45, 7) is 8.40. The number of aromatic nitrogens is 3. The van der Waals surface area contributed by atoms with Crippen LogP contribution >= 0.6 is 11.3 Å². The molecule has 0 bridgehead atoms. The first kappa shape index (κ1) is 29.0. The van der Waals surface area contributed by atoms with Gasteiger partial charge in [-0.15, -0.1) is 11.3 Å². The van der Waals surface area contributed by atoms with Gasteiger partial charge in [0.15, 0.2) is 0 Å². The summed E-state index contributed by atoms with van der Waals surface area (Å²) in [4.78, 5) is 22.0. The number of amides is 1. The molecular formula is C36H33F2N5O2S. The topological polar surface area (TPSA) is 63.5 Å². The van der Waals surface area contributed by atoms with Gasteiger partial charge in [0.1, 0.15) is 28.8 Å². The van der Waals surface area contributed by atoms with Gasteiger partial charge in [-0.05, 0) is 74.0 Å². The maximum atomic E-state index is 16.1. The first-order valence-corrected chi connectivity index (χ1v) is 16.5. The van der Waals surface area contributed by atoms with Crippen molar-refractivity contribution in [2.75, 3.05) is 13.6 Å². The second-order valence-electron chi connectivity index (χ2n) is 12.6. The molecule has 1 fully saturated rings.